The van der Waals surface area contributed by atoms with Crippen LogP contribution in [0.25, 0.3) is 0 Å². The number of benzene rings is 3. The molecule has 2 N–H and O–H groups in total. The summed E-state index contributed by atoms with van der Waals surface area (Å²) in [4.78, 5) is 25.8. The highest BCUT2D eigenvalue weighted by Gasteiger charge is 2.16. The summed E-state index contributed by atoms with van der Waals surface area (Å²) in [6, 6.07) is 19.7. The standard InChI is InChI=1S/C23H20Cl2N2O2S/c1-14-5-3-4-6-21(14)27-22(28)15(2)30-18-10-8-17(9-11-18)26-23(29)19-12-7-16(24)13-20(19)25/h3-13,15H,1-2H3,(H,26,29)(H,27,28). The molecule has 3 aromatic carbocycles. The lowest BCUT2D eigenvalue weighted by Gasteiger charge is -2.14. The van der Waals surface area contributed by atoms with E-state index in [0.29, 0.717) is 21.3 Å². The van der Waals surface area contributed by atoms with Gasteiger partial charge < -0.3 is 10.6 Å². The predicted molar refractivity (Wildman–Crippen MR) is 126 cm³/mol. The van der Waals surface area contributed by atoms with Gasteiger partial charge in [-0.1, -0.05) is 41.4 Å². The molecule has 0 fully saturated rings. The molecule has 1 atom stereocenters. The van der Waals surface area contributed by atoms with Crippen LogP contribution in [0.5, 0.6) is 0 Å². The molecular weight excluding hydrogens is 439 g/mol. The summed E-state index contributed by atoms with van der Waals surface area (Å²) < 4.78 is 0. The van der Waals surface area contributed by atoms with Crippen LogP contribution in [0.1, 0.15) is 22.8 Å². The van der Waals surface area contributed by atoms with Crippen LogP contribution in [-0.4, -0.2) is 17.1 Å². The van der Waals surface area contributed by atoms with E-state index in [2.05, 4.69) is 10.6 Å². The first-order chi connectivity index (χ1) is 14.3. The smallest absolute Gasteiger partial charge is 0.257 e. The summed E-state index contributed by atoms with van der Waals surface area (Å²) in [5.41, 5.74) is 2.81. The van der Waals surface area contributed by atoms with Crippen molar-refractivity contribution in [3.8, 4) is 0 Å². The van der Waals surface area contributed by atoms with Gasteiger partial charge in [-0.2, -0.15) is 0 Å². The Labute approximate surface area is 190 Å². The zero-order valence-electron chi connectivity index (χ0n) is 16.4. The van der Waals surface area contributed by atoms with Crippen molar-refractivity contribution in [3.05, 3.63) is 87.9 Å². The molecule has 7 heteroatoms. The van der Waals surface area contributed by atoms with Gasteiger partial charge in [0, 0.05) is 21.3 Å². The Hall–Kier alpha value is -2.47. The number of halogens is 2. The van der Waals surface area contributed by atoms with Crippen LogP contribution in [0.4, 0.5) is 11.4 Å². The number of thioether (sulfide) groups is 1. The van der Waals surface area contributed by atoms with E-state index in [1.807, 2.05) is 50.2 Å². The van der Waals surface area contributed by atoms with Crippen LogP contribution >= 0.6 is 35.0 Å². The maximum Gasteiger partial charge on any atom is 0.257 e. The molecule has 0 bridgehead atoms. The summed E-state index contributed by atoms with van der Waals surface area (Å²) in [5, 5.41) is 6.25. The predicted octanol–water partition coefficient (Wildman–Crippen LogP) is 6.67. The minimum Gasteiger partial charge on any atom is -0.325 e. The van der Waals surface area contributed by atoms with E-state index in [1.165, 1.54) is 17.8 Å². The molecule has 0 saturated heterocycles. The number of hydrogen-bond acceptors (Lipinski definition) is 3. The second-order valence-corrected chi connectivity index (χ2v) is 8.92. The van der Waals surface area contributed by atoms with E-state index in [-0.39, 0.29) is 17.1 Å². The first-order valence-corrected chi connectivity index (χ1v) is 10.9. The third-order valence-corrected chi connectivity index (χ3v) is 6.03. The van der Waals surface area contributed by atoms with E-state index in [9.17, 15) is 9.59 Å². The Morgan fingerprint density at radius 2 is 1.63 bits per heavy atom. The van der Waals surface area contributed by atoms with Crippen molar-refractivity contribution in [2.24, 2.45) is 0 Å². The summed E-state index contributed by atoms with van der Waals surface area (Å²) in [5.74, 6) is -0.382. The van der Waals surface area contributed by atoms with Gasteiger partial charge in [0.05, 0.1) is 15.8 Å². The van der Waals surface area contributed by atoms with Crippen LogP contribution in [0.3, 0.4) is 0 Å². The van der Waals surface area contributed by atoms with Gasteiger partial charge in [0.15, 0.2) is 0 Å². The number of nitrogens with one attached hydrogen (secondary N) is 2. The quantitative estimate of drug-likeness (QED) is 0.405. The van der Waals surface area contributed by atoms with Gasteiger partial charge in [-0.25, -0.2) is 0 Å². The van der Waals surface area contributed by atoms with Crippen LogP contribution in [0, 0.1) is 6.92 Å². The lowest BCUT2D eigenvalue weighted by Crippen LogP contribution is -2.22. The second kappa shape index (κ2) is 10.0. The average Bonchev–Trinajstić information content (AvgIpc) is 2.71. The molecule has 4 nitrogen and oxygen atoms in total. The first-order valence-electron chi connectivity index (χ1n) is 9.23. The molecule has 0 heterocycles. The summed E-state index contributed by atoms with van der Waals surface area (Å²) >= 11 is 13.4. The van der Waals surface area contributed by atoms with Crippen molar-refractivity contribution in [1.29, 1.82) is 0 Å². The number of rotatable bonds is 6. The van der Waals surface area contributed by atoms with Crippen molar-refractivity contribution >= 4 is 58.2 Å². The van der Waals surface area contributed by atoms with E-state index in [4.69, 9.17) is 23.2 Å². The van der Waals surface area contributed by atoms with E-state index < -0.39 is 0 Å². The normalized spacial score (nSPS) is 11.6. The molecular formula is C23H20Cl2N2O2S. The van der Waals surface area contributed by atoms with Crippen molar-refractivity contribution < 1.29 is 9.59 Å². The van der Waals surface area contributed by atoms with Gasteiger partial charge in [-0.15, -0.1) is 11.8 Å². The Balaban J connectivity index is 1.59. The van der Waals surface area contributed by atoms with Gasteiger partial charge in [0.2, 0.25) is 5.91 Å². The van der Waals surface area contributed by atoms with E-state index in [1.54, 1.807) is 24.3 Å². The second-order valence-electron chi connectivity index (χ2n) is 6.67. The monoisotopic (exact) mass is 458 g/mol. The van der Waals surface area contributed by atoms with E-state index >= 15 is 0 Å². The molecule has 0 radical (unpaired) electrons. The highest BCUT2D eigenvalue weighted by molar-refractivity contribution is 8.00. The Bertz CT molecular complexity index is 1070. The summed E-state index contributed by atoms with van der Waals surface area (Å²) in [6.07, 6.45) is 0. The molecule has 3 rings (SSSR count). The van der Waals surface area contributed by atoms with Gasteiger partial charge in [-0.3, -0.25) is 9.59 Å². The zero-order valence-corrected chi connectivity index (χ0v) is 18.7. The maximum absolute atomic E-state index is 12.5. The van der Waals surface area contributed by atoms with Gasteiger partial charge in [0.1, 0.15) is 0 Å². The summed E-state index contributed by atoms with van der Waals surface area (Å²) in [6.45, 7) is 3.81. The largest absolute Gasteiger partial charge is 0.325 e. The summed E-state index contributed by atoms with van der Waals surface area (Å²) in [7, 11) is 0. The van der Waals surface area contributed by atoms with Gasteiger partial charge in [-0.05, 0) is 67.9 Å². The molecule has 0 aliphatic carbocycles. The number of hydrogen-bond donors (Lipinski definition) is 2. The molecule has 154 valence electrons. The molecule has 30 heavy (non-hydrogen) atoms. The van der Waals surface area contributed by atoms with Crippen molar-refractivity contribution in [2.45, 2.75) is 24.0 Å². The number of carbonyl (C=O) groups is 2. The fourth-order valence-electron chi connectivity index (χ4n) is 2.69. The molecule has 0 spiro atoms. The molecule has 3 aromatic rings. The Kier molecular flexibility index (Phi) is 7.43. The first kappa shape index (κ1) is 22.2. The van der Waals surface area contributed by atoms with Gasteiger partial charge in [0.25, 0.3) is 5.91 Å². The van der Waals surface area contributed by atoms with Crippen LogP contribution in [0.2, 0.25) is 10.0 Å². The minimum absolute atomic E-state index is 0.0657. The highest BCUT2D eigenvalue weighted by atomic mass is 35.5. The number of para-hydroxylation sites is 1. The van der Waals surface area contributed by atoms with Crippen LogP contribution in [-0.2, 0) is 4.79 Å². The van der Waals surface area contributed by atoms with Gasteiger partial charge >= 0.3 is 0 Å². The Morgan fingerprint density at radius 1 is 0.933 bits per heavy atom. The Morgan fingerprint density at radius 3 is 2.30 bits per heavy atom. The van der Waals surface area contributed by atoms with Crippen LogP contribution in [0.15, 0.2) is 71.6 Å². The molecule has 2 amide bonds. The fraction of sp³-hybridized carbons (Fsp3) is 0.130. The third-order valence-electron chi connectivity index (χ3n) is 4.37. The molecule has 0 aromatic heterocycles. The lowest BCUT2D eigenvalue weighted by atomic mass is 10.2. The van der Waals surface area contributed by atoms with Crippen molar-refractivity contribution in [2.75, 3.05) is 10.6 Å². The number of anilines is 2. The minimum atomic E-state index is -0.317. The SMILES string of the molecule is Cc1ccccc1NC(=O)C(C)Sc1ccc(NC(=O)c2ccc(Cl)cc2Cl)cc1. The molecule has 0 saturated carbocycles. The fourth-order valence-corrected chi connectivity index (χ4v) is 4.06. The molecule has 0 aliphatic rings. The topological polar surface area (TPSA) is 58.2 Å². The number of carbonyl (C=O) groups excluding carboxylic acids is 2. The zero-order chi connectivity index (χ0) is 21.7. The van der Waals surface area contributed by atoms with Crippen molar-refractivity contribution in [3.63, 3.8) is 0 Å². The lowest BCUT2D eigenvalue weighted by molar-refractivity contribution is -0.115. The van der Waals surface area contributed by atoms with Crippen LogP contribution < -0.4 is 10.6 Å². The third kappa shape index (κ3) is 5.79. The molecule has 1 unspecified atom stereocenters. The average molecular weight is 459 g/mol. The molecule has 0 aliphatic heterocycles. The van der Waals surface area contributed by atoms with Crippen molar-refractivity contribution in [1.82, 2.24) is 0 Å². The van der Waals surface area contributed by atoms with E-state index in [0.717, 1.165) is 16.1 Å². The highest BCUT2D eigenvalue weighted by Crippen LogP contribution is 2.27. The number of amides is 2. The maximum atomic E-state index is 12.5. The number of aryl methyl sites for hydroxylation is 1.